The third kappa shape index (κ3) is 0.174. The molecule has 0 aromatic rings. The second-order valence-electron chi connectivity index (χ2n) is 0.455. The summed E-state index contributed by atoms with van der Waals surface area (Å²) >= 11 is 0. The molecule has 0 saturated carbocycles. The molecule has 3 heteroatoms. The standard InChI is InChI=1S/CH5N3/c2-1(3)4/h(H5,2,3,4)/i1-1. The molecule has 0 atom stereocenters. The number of nitrogens with one attached hydrogen (secondary N) is 1. The first-order chi connectivity index (χ1) is 1.73. The first kappa shape index (κ1) is 3.27. The molecule has 0 radical (unpaired) electrons. The first-order valence-electron chi connectivity index (χ1n) is 0.827. The van der Waals surface area contributed by atoms with E-state index in [0.29, 0.717) is 0 Å². The maximum absolute atomic E-state index is 6.06. The lowest BCUT2D eigenvalue weighted by Crippen LogP contribution is -2.20. The van der Waals surface area contributed by atoms with Gasteiger partial charge in [-0.15, -0.1) is 0 Å². The Kier molecular flexibility index (Phi) is 0.581. The van der Waals surface area contributed by atoms with Gasteiger partial charge in [0.2, 0.25) is 0 Å². The van der Waals surface area contributed by atoms with E-state index < -0.39 is 0 Å². The summed E-state index contributed by atoms with van der Waals surface area (Å²) in [5.41, 5.74) is 8.94. The summed E-state index contributed by atoms with van der Waals surface area (Å²) in [6.07, 6.45) is 0. The molecule has 24 valence electrons. The highest BCUT2D eigenvalue weighted by Crippen LogP contribution is 1.13. The molecule has 0 fully saturated rings. The first-order valence-corrected chi connectivity index (χ1v) is 0.827. The van der Waals surface area contributed by atoms with Gasteiger partial charge in [0, 0.05) is 0 Å². The van der Waals surface area contributed by atoms with Crippen molar-refractivity contribution < 1.29 is 0 Å². The molecule has 0 aliphatic heterocycles. The molecule has 0 rings (SSSR count). The molecule has 0 unspecified atom stereocenters. The highest BCUT2D eigenvalue weighted by Gasteiger charge is 1.52. The highest BCUT2D eigenvalue weighted by molar-refractivity contribution is 5.71. The summed E-state index contributed by atoms with van der Waals surface area (Å²) in [5.74, 6) is -0.333. The zero-order chi connectivity index (χ0) is 3.58. The Morgan fingerprint density at radius 1 is 1.50 bits per heavy atom. The van der Waals surface area contributed by atoms with Crippen LogP contribution in [0, 0.1) is 5.41 Å². The Balaban J connectivity index is 2.80. The van der Waals surface area contributed by atoms with Crippen LogP contribution in [-0.4, -0.2) is 5.96 Å². The fraction of sp³-hybridized carbons (Fsp3) is 0. The zero-order valence-electron chi connectivity index (χ0n) is 2.15. The van der Waals surface area contributed by atoms with E-state index in [0.717, 1.165) is 0 Å². The average Bonchev–Trinajstić information content (AvgIpc) is 0.811. The molecule has 0 aromatic carbocycles. The summed E-state index contributed by atoms with van der Waals surface area (Å²) in [6.45, 7) is 0. The Labute approximate surface area is 24.1 Å². The van der Waals surface area contributed by atoms with Crippen molar-refractivity contribution in [3.63, 3.8) is 0 Å². The number of hydrogen-bond donors (Lipinski definition) is 3. The highest BCUT2D eigenvalue weighted by atomic mass is 14.7. The summed E-state index contributed by atoms with van der Waals surface area (Å²) in [4.78, 5) is 0. The smallest absolute Gasteiger partial charge is 0.183 e. The monoisotopic (exact) mass is 58.1 g/mol. The van der Waals surface area contributed by atoms with Gasteiger partial charge in [-0.3, -0.25) is 5.41 Å². The number of guanidine groups is 1. The van der Waals surface area contributed by atoms with E-state index in [9.17, 15) is 0 Å². The Hall–Kier alpha value is -0.730. The van der Waals surface area contributed by atoms with Crippen molar-refractivity contribution in [3.8, 4) is 0 Å². The van der Waals surface area contributed by atoms with Crippen molar-refractivity contribution in [2.45, 2.75) is 0 Å². The van der Waals surface area contributed by atoms with Crippen LogP contribution in [0.1, 0.15) is 0 Å². The summed E-state index contributed by atoms with van der Waals surface area (Å²) in [7, 11) is 0. The second kappa shape index (κ2) is 0.711. The van der Waals surface area contributed by atoms with Crippen LogP contribution in [0.4, 0.5) is 0 Å². The topological polar surface area (TPSA) is 75.9 Å². The quantitative estimate of drug-likeness (QED) is 0.243. The predicted molar refractivity (Wildman–Crippen MR) is 16.1 cm³/mol. The van der Waals surface area contributed by atoms with Crippen molar-refractivity contribution >= 4 is 5.96 Å². The zero-order valence-corrected chi connectivity index (χ0v) is 2.15. The van der Waals surface area contributed by atoms with E-state index in [4.69, 9.17) is 5.41 Å². The second-order valence-corrected chi connectivity index (χ2v) is 0.455. The van der Waals surface area contributed by atoms with Gasteiger partial charge in [-0.1, -0.05) is 0 Å². The lowest BCUT2D eigenvalue weighted by Gasteiger charge is -1.69. The van der Waals surface area contributed by atoms with Crippen LogP contribution in [0.2, 0.25) is 0 Å². The van der Waals surface area contributed by atoms with E-state index in [1.807, 2.05) is 0 Å². The van der Waals surface area contributed by atoms with Gasteiger partial charge in [-0.25, -0.2) is 0 Å². The summed E-state index contributed by atoms with van der Waals surface area (Å²) in [5, 5.41) is 6.06. The Morgan fingerprint density at radius 3 is 1.50 bits per heavy atom. The average molecular weight is 58.1 g/mol. The fourth-order valence-corrected chi connectivity index (χ4v) is 0. The van der Waals surface area contributed by atoms with Crippen molar-refractivity contribution in [2.75, 3.05) is 0 Å². The molecule has 4 heavy (non-hydrogen) atoms. The van der Waals surface area contributed by atoms with E-state index in [1.165, 1.54) is 0 Å². The molecule has 0 heterocycles. The molecule has 5 N–H and O–H groups in total. The summed E-state index contributed by atoms with van der Waals surface area (Å²) < 4.78 is 0. The largest absolute Gasteiger partial charge is 0.370 e. The van der Waals surface area contributed by atoms with Gasteiger partial charge in [-0.05, 0) is 0 Å². The minimum atomic E-state index is -0.333. The molecule has 0 spiro atoms. The van der Waals surface area contributed by atoms with Crippen molar-refractivity contribution in [1.82, 2.24) is 0 Å². The van der Waals surface area contributed by atoms with Gasteiger partial charge in [0.1, 0.15) is 0 Å². The van der Waals surface area contributed by atoms with E-state index in [-0.39, 0.29) is 5.96 Å². The van der Waals surface area contributed by atoms with Crippen molar-refractivity contribution in [3.05, 3.63) is 0 Å². The van der Waals surface area contributed by atoms with Gasteiger partial charge in [0.05, 0.1) is 0 Å². The van der Waals surface area contributed by atoms with Gasteiger partial charge < -0.3 is 11.5 Å². The van der Waals surface area contributed by atoms with Gasteiger partial charge in [0.15, 0.2) is 5.96 Å². The van der Waals surface area contributed by atoms with Crippen LogP contribution in [0.5, 0.6) is 0 Å². The molecular weight excluding hydrogens is 53.0 g/mol. The molecular formula is CH5N3. The number of nitrogens with two attached hydrogens (primary N) is 2. The normalized spacial score (nSPS) is 6.00. The molecule has 3 nitrogen and oxygen atoms in total. The van der Waals surface area contributed by atoms with Crippen molar-refractivity contribution in [2.24, 2.45) is 11.5 Å². The van der Waals surface area contributed by atoms with Crippen molar-refractivity contribution in [1.29, 1.82) is 5.41 Å². The molecule has 0 aromatic heterocycles. The van der Waals surface area contributed by atoms with Crippen LogP contribution in [0.25, 0.3) is 0 Å². The number of hydrogen-bond acceptors (Lipinski definition) is 1. The molecule has 0 aliphatic rings. The van der Waals surface area contributed by atoms with Gasteiger partial charge in [-0.2, -0.15) is 0 Å². The van der Waals surface area contributed by atoms with Crippen LogP contribution < -0.4 is 11.5 Å². The van der Waals surface area contributed by atoms with Crippen LogP contribution in [0.3, 0.4) is 0 Å². The maximum Gasteiger partial charge on any atom is 0.183 e. The van der Waals surface area contributed by atoms with Crippen LogP contribution in [-0.2, 0) is 0 Å². The SMILES string of the molecule is N=[11C](N)N. The maximum atomic E-state index is 6.06. The molecule has 0 amide bonds. The van der Waals surface area contributed by atoms with E-state index >= 15 is 0 Å². The third-order valence-electron chi connectivity index (χ3n) is 0. The Bertz CT molecular complexity index is 26.3. The lowest BCUT2D eigenvalue weighted by molar-refractivity contribution is 1.39. The van der Waals surface area contributed by atoms with Gasteiger partial charge >= 0.3 is 0 Å². The van der Waals surface area contributed by atoms with Gasteiger partial charge in [0.25, 0.3) is 0 Å². The minimum Gasteiger partial charge on any atom is -0.370 e. The van der Waals surface area contributed by atoms with E-state index in [2.05, 4.69) is 11.5 Å². The third-order valence-corrected chi connectivity index (χ3v) is 0. The Morgan fingerprint density at radius 2 is 1.50 bits per heavy atom. The summed E-state index contributed by atoms with van der Waals surface area (Å²) in [6, 6.07) is 0. The predicted octanol–water partition coefficient (Wildman–Crippen LogP) is -1.16. The fourth-order valence-electron chi connectivity index (χ4n) is 0. The molecule has 0 bridgehead atoms. The van der Waals surface area contributed by atoms with E-state index in [1.54, 1.807) is 0 Å². The van der Waals surface area contributed by atoms with Crippen LogP contribution in [0.15, 0.2) is 0 Å². The lowest BCUT2D eigenvalue weighted by atomic mass is 10.3. The van der Waals surface area contributed by atoms with Crippen LogP contribution >= 0.6 is 0 Å². The minimum absolute atomic E-state index is 0.333. The molecule has 0 aliphatic carbocycles. The molecule has 0 saturated heterocycles. The number of rotatable bonds is 0.